The van der Waals surface area contributed by atoms with Crippen molar-refractivity contribution in [2.45, 2.75) is 38.6 Å². The number of nitrogens with one attached hydrogen (secondary N) is 1. The molecule has 14 heavy (non-hydrogen) atoms. The summed E-state index contributed by atoms with van der Waals surface area (Å²) in [6, 6.07) is 0.651. The number of aryl methyl sites for hydroxylation is 2. The summed E-state index contributed by atoms with van der Waals surface area (Å²) in [5, 5.41) is 7.97. The average molecular weight is 193 g/mol. The van der Waals surface area contributed by atoms with E-state index < -0.39 is 0 Å². The van der Waals surface area contributed by atoms with Gasteiger partial charge in [-0.3, -0.25) is 4.68 Å². The Kier molecular flexibility index (Phi) is 2.59. The lowest BCUT2D eigenvalue weighted by molar-refractivity contribution is 0.530. The third-order valence-corrected chi connectivity index (χ3v) is 3.24. The molecule has 1 aliphatic heterocycles. The molecule has 1 fully saturated rings. The highest BCUT2D eigenvalue weighted by Gasteiger charge is 2.28. The number of hydrogen-bond donors (Lipinski definition) is 1. The van der Waals surface area contributed by atoms with E-state index in [4.69, 9.17) is 0 Å². The highest BCUT2D eigenvalue weighted by Crippen LogP contribution is 2.30. The third-order valence-electron chi connectivity index (χ3n) is 3.24. The van der Waals surface area contributed by atoms with Crippen LogP contribution in [0.1, 0.15) is 36.9 Å². The average Bonchev–Trinajstić information content (AvgIpc) is 2.71. The number of aromatic nitrogens is 2. The molecular weight excluding hydrogens is 174 g/mol. The minimum atomic E-state index is 0.651. The summed E-state index contributed by atoms with van der Waals surface area (Å²) in [7, 11) is 2.00. The molecule has 0 amide bonds. The molecule has 2 atom stereocenters. The molecule has 2 rings (SSSR count). The van der Waals surface area contributed by atoms with E-state index in [1.54, 1.807) is 0 Å². The van der Waals surface area contributed by atoms with Gasteiger partial charge in [0.1, 0.15) is 0 Å². The molecule has 0 radical (unpaired) electrons. The van der Waals surface area contributed by atoms with Crippen molar-refractivity contribution in [3.8, 4) is 0 Å². The maximum Gasteiger partial charge on any atom is 0.0628 e. The Morgan fingerprint density at radius 3 is 3.00 bits per heavy atom. The van der Waals surface area contributed by atoms with E-state index in [0.717, 1.165) is 6.54 Å². The highest BCUT2D eigenvalue weighted by molar-refractivity contribution is 5.24. The molecule has 0 bridgehead atoms. The summed E-state index contributed by atoms with van der Waals surface area (Å²) in [6.45, 7) is 5.51. The lowest BCUT2D eigenvalue weighted by Crippen LogP contribution is -2.24. The molecule has 1 saturated heterocycles. The number of hydrogen-bond acceptors (Lipinski definition) is 2. The summed E-state index contributed by atoms with van der Waals surface area (Å²) in [5.74, 6) is 0.675. The van der Waals surface area contributed by atoms with Crippen molar-refractivity contribution >= 4 is 0 Å². The van der Waals surface area contributed by atoms with E-state index in [1.807, 2.05) is 11.7 Å². The predicted molar refractivity (Wildman–Crippen MR) is 57.4 cm³/mol. The van der Waals surface area contributed by atoms with Gasteiger partial charge in [0.05, 0.1) is 5.69 Å². The molecule has 1 aromatic rings. The molecule has 3 nitrogen and oxygen atoms in total. The highest BCUT2D eigenvalue weighted by atomic mass is 15.2. The van der Waals surface area contributed by atoms with Crippen molar-refractivity contribution in [3.63, 3.8) is 0 Å². The first-order valence-corrected chi connectivity index (χ1v) is 5.46. The number of rotatable bonds is 2. The summed E-state index contributed by atoms with van der Waals surface area (Å²) >= 11 is 0. The fourth-order valence-electron chi connectivity index (χ4n) is 2.55. The van der Waals surface area contributed by atoms with Crippen LogP contribution in [0.2, 0.25) is 0 Å². The van der Waals surface area contributed by atoms with Crippen molar-refractivity contribution in [2.75, 3.05) is 6.54 Å². The SMILES string of the molecule is CCC1NCCC1c1cn(C)nc1C. The minimum Gasteiger partial charge on any atom is -0.313 e. The van der Waals surface area contributed by atoms with Gasteiger partial charge in [-0.15, -0.1) is 0 Å². The van der Waals surface area contributed by atoms with Crippen LogP contribution in [-0.2, 0) is 7.05 Å². The Bertz CT molecular complexity index is 316. The van der Waals surface area contributed by atoms with Gasteiger partial charge in [-0.25, -0.2) is 0 Å². The van der Waals surface area contributed by atoms with Gasteiger partial charge < -0.3 is 5.32 Å². The second-order valence-corrected chi connectivity index (χ2v) is 4.21. The Morgan fingerprint density at radius 1 is 1.64 bits per heavy atom. The van der Waals surface area contributed by atoms with Crippen molar-refractivity contribution < 1.29 is 0 Å². The van der Waals surface area contributed by atoms with Gasteiger partial charge in [0.15, 0.2) is 0 Å². The van der Waals surface area contributed by atoms with E-state index >= 15 is 0 Å². The molecule has 2 unspecified atom stereocenters. The van der Waals surface area contributed by atoms with Gasteiger partial charge in [0.2, 0.25) is 0 Å². The van der Waals surface area contributed by atoms with Crippen LogP contribution in [0.3, 0.4) is 0 Å². The summed E-state index contributed by atoms with van der Waals surface area (Å²) in [6.07, 6.45) is 4.64. The lowest BCUT2D eigenvalue weighted by atomic mass is 9.91. The zero-order chi connectivity index (χ0) is 10.1. The maximum absolute atomic E-state index is 4.41. The van der Waals surface area contributed by atoms with E-state index in [-0.39, 0.29) is 0 Å². The predicted octanol–water partition coefficient (Wildman–Crippen LogP) is 1.58. The van der Waals surface area contributed by atoms with Crippen LogP contribution in [0.4, 0.5) is 0 Å². The number of nitrogens with zero attached hydrogens (tertiary/aromatic N) is 2. The summed E-state index contributed by atoms with van der Waals surface area (Å²) in [5.41, 5.74) is 2.63. The molecule has 3 heteroatoms. The molecule has 1 aliphatic rings. The Labute approximate surface area is 85.5 Å². The van der Waals surface area contributed by atoms with Crippen molar-refractivity contribution in [3.05, 3.63) is 17.5 Å². The zero-order valence-corrected chi connectivity index (χ0v) is 9.25. The molecule has 1 aromatic heterocycles. The Hall–Kier alpha value is -0.830. The van der Waals surface area contributed by atoms with E-state index in [9.17, 15) is 0 Å². The molecule has 0 saturated carbocycles. The van der Waals surface area contributed by atoms with Crippen LogP contribution in [0, 0.1) is 6.92 Å². The molecule has 2 heterocycles. The van der Waals surface area contributed by atoms with Crippen molar-refractivity contribution in [1.29, 1.82) is 0 Å². The third kappa shape index (κ3) is 1.57. The van der Waals surface area contributed by atoms with Gasteiger partial charge in [0.25, 0.3) is 0 Å². The van der Waals surface area contributed by atoms with Crippen LogP contribution in [-0.4, -0.2) is 22.4 Å². The first-order valence-electron chi connectivity index (χ1n) is 5.46. The lowest BCUT2D eigenvalue weighted by Gasteiger charge is -2.16. The zero-order valence-electron chi connectivity index (χ0n) is 9.25. The van der Waals surface area contributed by atoms with Crippen LogP contribution >= 0.6 is 0 Å². The quantitative estimate of drug-likeness (QED) is 0.773. The van der Waals surface area contributed by atoms with Gasteiger partial charge >= 0.3 is 0 Å². The Morgan fingerprint density at radius 2 is 2.43 bits per heavy atom. The van der Waals surface area contributed by atoms with Crippen molar-refractivity contribution in [1.82, 2.24) is 15.1 Å². The van der Waals surface area contributed by atoms with Crippen LogP contribution in [0.15, 0.2) is 6.20 Å². The molecule has 0 aliphatic carbocycles. The smallest absolute Gasteiger partial charge is 0.0628 e. The van der Waals surface area contributed by atoms with Crippen molar-refractivity contribution in [2.24, 2.45) is 7.05 Å². The van der Waals surface area contributed by atoms with E-state index in [2.05, 4.69) is 30.5 Å². The second-order valence-electron chi connectivity index (χ2n) is 4.21. The Balaban J connectivity index is 2.25. The van der Waals surface area contributed by atoms with E-state index in [1.165, 1.54) is 24.1 Å². The van der Waals surface area contributed by atoms with Gasteiger partial charge in [-0.2, -0.15) is 5.10 Å². The standard InChI is InChI=1S/C11H19N3/c1-4-11-9(5-6-12-11)10-7-14(3)13-8(10)2/h7,9,11-12H,4-6H2,1-3H3. The summed E-state index contributed by atoms with van der Waals surface area (Å²) in [4.78, 5) is 0. The van der Waals surface area contributed by atoms with Gasteiger partial charge in [-0.1, -0.05) is 6.92 Å². The molecular formula is C11H19N3. The second kappa shape index (κ2) is 3.73. The maximum atomic E-state index is 4.41. The van der Waals surface area contributed by atoms with Crippen LogP contribution in [0.5, 0.6) is 0 Å². The van der Waals surface area contributed by atoms with E-state index in [0.29, 0.717) is 12.0 Å². The first kappa shape index (κ1) is 9.71. The first-order chi connectivity index (χ1) is 6.72. The van der Waals surface area contributed by atoms with Crippen LogP contribution in [0.25, 0.3) is 0 Å². The molecule has 0 aromatic carbocycles. The van der Waals surface area contributed by atoms with Crippen LogP contribution < -0.4 is 5.32 Å². The molecule has 0 spiro atoms. The topological polar surface area (TPSA) is 29.9 Å². The van der Waals surface area contributed by atoms with Gasteiger partial charge in [0, 0.05) is 25.2 Å². The largest absolute Gasteiger partial charge is 0.313 e. The molecule has 1 N–H and O–H groups in total. The van der Waals surface area contributed by atoms with Gasteiger partial charge in [-0.05, 0) is 31.9 Å². The fraction of sp³-hybridized carbons (Fsp3) is 0.727. The molecule has 78 valence electrons. The fourth-order valence-corrected chi connectivity index (χ4v) is 2.55. The minimum absolute atomic E-state index is 0.651. The summed E-state index contributed by atoms with van der Waals surface area (Å²) < 4.78 is 1.93. The normalized spacial score (nSPS) is 27.1. The monoisotopic (exact) mass is 193 g/mol.